The average Bonchev–Trinajstić information content (AvgIpc) is 2.33. The Kier molecular flexibility index (Phi) is 4.50. The van der Waals surface area contributed by atoms with Gasteiger partial charge in [-0.3, -0.25) is 4.90 Å². The summed E-state index contributed by atoms with van der Waals surface area (Å²) >= 11 is 3.25. The maximum atomic E-state index is 13.7. The van der Waals surface area contributed by atoms with Crippen molar-refractivity contribution in [2.24, 2.45) is 5.73 Å². The third-order valence-corrected chi connectivity index (χ3v) is 3.39. The first-order chi connectivity index (χ1) is 8.19. The second kappa shape index (κ2) is 5.91. The van der Waals surface area contributed by atoms with Crippen molar-refractivity contribution in [3.05, 3.63) is 34.1 Å². The lowest BCUT2D eigenvalue weighted by Crippen LogP contribution is -2.45. The molecule has 0 aromatic heterocycles. The maximum Gasteiger partial charge on any atom is 0.128 e. The van der Waals surface area contributed by atoms with E-state index in [1.165, 1.54) is 6.07 Å². The van der Waals surface area contributed by atoms with Gasteiger partial charge in [-0.15, -0.1) is 0 Å². The minimum Gasteiger partial charge on any atom is -0.374 e. The topological polar surface area (TPSA) is 38.5 Å². The minimum absolute atomic E-state index is 0.0715. The first-order valence-electron chi connectivity index (χ1n) is 5.67. The molecule has 0 radical (unpaired) electrons. The number of ether oxygens (including phenoxy) is 1. The van der Waals surface area contributed by atoms with E-state index in [0.717, 1.165) is 17.6 Å². The van der Waals surface area contributed by atoms with Gasteiger partial charge in [0.25, 0.3) is 0 Å². The number of hydrogen-bond donors (Lipinski definition) is 1. The fourth-order valence-corrected chi connectivity index (χ4v) is 2.29. The molecule has 2 rings (SSSR count). The van der Waals surface area contributed by atoms with Crippen molar-refractivity contribution in [3.8, 4) is 0 Å². The van der Waals surface area contributed by atoms with Crippen LogP contribution in [0.25, 0.3) is 0 Å². The van der Waals surface area contributed by atoms with E-state index in [1.54, 1.807) is 0 Å². The van der Waals surface area contributed by atoms with E-state index >= 15 is 0 Å². The molecule has 1 aromatic rings. The van der Waals surface area contributed by atoms with Crippen LogP contribution in [-0.4, -0.2) is 37.2 Å². The number of nitrogens with zero attached hydrogens (tertiary/aromatic N) is 1. The highest BCUT2D eigenvalue weighted by Gasteiger charge is 2.19. The summed E-state index contributed by atoms with van der Waals surface area (Å²) in [7, 11) is 0. The van der Waals surface area contributed by atoms with Crippen LogP contribution in [0.4, 0.5) is 4.39 Å². The average molecular weight is 303 g/mol. The molecule has 1 saturated heterocycles. The molecule has 0 aliphatic carbocycles. The summed E-state index contributed by atoms with van der Waals surface area (Å²) in [5.41, 5.74) is 6.29. The Balaban J connectivity index is 2.00. The highest BCUT2D eigenvalue weighted by molar-refractivity contribution is 9.10. The summed E-state index contributed by atoms with van der Waals surface area (Å²) in [4.78, 5) is 2.17. The first-order valence-corrected chi connectivity index (χ1v) is 6.46. The highest BCUT2D eigenvalue weighted by Crippen LogP contribution is 2.17. The van der Waals surface area contributed by atoms with Crippen LogP contribution < -0.4 is 5.73 Å². The molecule has 17 heavy (non-hydrogen) atoms. The summed E-state index contributed by atoms with van der Waals surface area (Å²) in [6, 6.07) is 5.17. The predicted molar refractivity (Wildman–Crippen MR) is 68.2 cm³/mol. The maximum absolute atomic E-state index is 13.7. The second-order valence-electron chi connectivity index (χ2n) is 4.20. The molecule has 1 atom stereocenters. The van der Waals surface area contributed by atoms with Gasteiger partial charge >= 0.3 is 0 Å². The van der Waals surface area contributed by atoms with Gasteiger partial charge in [-0.1, -0.05) is 22.0 Å². The van der Waals surface area contributed by atoms with E-state index in [4.69, 9.17) is 10.5 Å². The second-order valence-corrected chi connectivity index (χ2v) is 5.12. The molecule has 5 heteroatoms. The lowest BCUT2D eigenvalue weighted by molar-refractivity contribution is -0.0263. The number of nitrogens with two attached hydrogens (primary N) is 1. The highest BCUT2D eigenvalue weighted by atomic mass is 79.9. The fourth-order valence-electron chi connectivity index (χ4n) is 1.96. The van der Waals surface area contributed by atoms with Crippen molar-refractivity contribution < 1.29 is 9.13 Å². The van der Waals surface area contributed by atoms with Crippen LogP contribution in [0, 0.1) is 5.82 Å². The number of hydrogen-bond acceptors (Lipinski definition) is 3. The summed E-state index contributed by atoms with van der Waals surface area (Å²) < 4.78 is 19.9. The molecule has 0 saturated carbocycles. The van der Waals surface area contributed by atoms with Crippen molar-refractivity contribution in [2.75, 3.05) is 26.2 Å². The molecule has 3 nitrogen and oxygen atoms in total. The van der Waals surface area contributed by atoms with Gasteiger partial charge in [0, 0.05) is 36.2 Å². The monoisotopic (exact) mass is 302 g/mol. The van der Waals surface area contributed by atoms with E-state index in [1.807, 2.05) is 12.1 Å². The van der Waals surface area contributed by atoms with Gasteiger partial charge in [-0.25, -0.2) is 4.39 Å². The Hall–Kier alpha value is -0.490. The van der Waals surface area contributed by atoms with Crippen LogP contribution in [0.3, 0.4) is 0 Å². The molecule has 1 aliphatic rings. The molecule has 1 unspecified atom stereocenters. The van der Waals surface area contributed by atoms with Crippen LogP contribution in [0.5, 0.6) is 0 Å². The molecule has 0 spiro atoms. The largest absolute Gasteiger partial charge is 0.374 e. The quantitative estimate of drug-likeness (QED) is 0.924. The minimum atomic E-state index is -0.171. The predicted octanol–water partition coefficient (Wildman–Crippen LogP) is 1.75. The summed E-state index contributed by atoms with van der Waals surface area (Å²) in [6.45, 7) is 3.39. The molecule has 1 heterocycles. The molecule has 1 aromatic carbocycles. The van der Waals surface area contributed by atoms with Crippen molar-refractivity contribution >= 4 is 15.9 Å². The zero-order valence-corrected chi connectivity index (χ0v) is 11.1. The molecule has 1 aliphatic heterocycles. The Morgan fingerprint density at radius 1 is 1.53 bits per heavy atom. The zero-order valence-electron chi connectivity index (χ0n) is 9.53. The van der Waals surface area contributed by atoms with Crippen LogP contribution in [0.2, 0.25) is 0 Å². The van der Waals surface area contributed by atoms with Crippen LogP contribution in [0.1, 0.15) is 5.56 Å². The molecule has 1 fully saturated rings. The summed E-state index contributed by atoms with van der Waals surface area (Å²) in [6.07, 6.45) is 0.0715. The van der Waals surface area contributed by atoms with E-state index in [9.17, 15) is 4.39 Å². The van der Waals surface area contributed by atoms with Gasteiger partial charge in [-0.2, -0.15) is 0 Å². The molecule has 0 bridgehead atoms. The Morgan fingerprint density at radius 2 is 2.35 bits per heavy atom. The van der Waals surface area contributed by atoms with E-state index in [0.29, 0.717) is 25.3 Å². The zero-order chi connectivity index (χ0) is 12.3. The Bertz CT molecular complexity index is 389. The van der Waals surface area contributed by atoms with Gasteiger partial charge < -0.3 is 10.5 Å². The van der Waals surface area contributed by atoms with Crippen LogP contribution in [-0.2, 0) is 11.3 Å². The van der Waals surface area contributed by atoms with Crippen LogP contribution in [0.15, 0.2) is 22.7 Å². The number of morpholine rings is 1. The number of benzene rings is 1. The van der Waals surface area contributed by atoms with Gasteiger partial charge in [0.05, 0.1) is 12.7 Å². The summed E-state index contributed by atoms with van der Waals surface area (Å²) in [5.74, 6) is -0.171. The lowest BCUT2D eigenvalue weighted by Gasteiger charge is -2.32. The summed E-state index contributed by atoms with van der Waals surface area (Å²) in [5, 5.41) is 0. The van der Waals surface area contributed by atoms with E-state index in [2.05, 4.69) is 20.8 Å². The smallest absolute Gasteiger partial charge is 0.128 e. The Labute approximate surface area is 109 Å². The van der Waals surface area contributed by atoms with Crippen molar-refractivity contribution in [1.82, 2.24) is 4.90 Å². The fraction of sp³-hybridized carbons (Fsp3) is 0.500. The van der Waals surface area contributed by atoms with Gasteiger partial charge in [0.15, 0.2) is 0 Å². The third kappa shape index (κ3) is 3.48. The van der Waals surface area contributed by atoms with Crippen molar-refractivity contribution in [1.29, 1.82) is 0 Å². The van der Waals surface area contributed by atoms with Crippen LogP contribution >= 0.6 is 15.9 Å². The van der Waals surface area contributed by atoms with Gasteiger partial charge in [-0.05, 0) is 12.1 Å². The molecular weight excluding hydrogens is 287 g/mol. The number of halogens is 2. The molecule has 0 amide bonds. The standard InChI is InChI=1S/C12H16BrFN2O/c13-10-2-1-9(12(14)5-10)7-16-3-4-17-11(6-15)8-16/h1-2,5,11H,3-4,6-8,15H2. The molecule has 2 N–H and O–H groups in total. The van der Waals surface area contributed by atoms with E-state index in [-0.39, 0.29) is 11.9 Å². The van der Waals surface area contributed by atoms with Crippen molar-refractivity contribution in [2.45, 2.75) is 12.6 Å². The lowest BCUT2D eigenvalue weighted by atomic mass is 10.2. The molecular formula is C12H16BrFN2O. The first kappa shape index (κ1) is 13.0. The SMILES string of the molecule is NCC1CN(Cc2ccc(Br)cc2F)CCO1. The number of rotatable bonds is 3. The normalized spacial score (nSPS) is 21.7. The van der Waals surface area contributed by atoms with E-state index < -0.39 is 0 Å². The van der Waals surface area contributed by atoms with Crippen molar-refractivity contribution in [3.63, 3.8) is 0 Å². The third-order valence-electron chi connectivity index (χ3n) is 2.89. The molecule has 94 valence electrons. The Morgan fingerprint density at radius 3 is 3.06 bits per heavy atom. The van der Waals surface area contributed by atoms with Gasteiger partial charge in [0.1, 0.15) is 5.82 Å². The van der Waals surface area contributed by atoms with Gasteiger partial charge in [0.2, 0.25) is 0 Å².